The molecule has 1 saturated carbocycles. The molecular formula is C31H38N6O3. The lowest BCUT2D eigenvalue weighted by Gasteiger charge is -2.32. The molecule has 3 heterocycles. The Kier molecular flexibility index (Phi) is 8.02. The molecule has 0 unspecified atom stereocenters. The number of imidazole rings is 1. The normalized spacial score (nSPS) is 17.4. The molecule has 9 nitrogen and oxygen atoms in total. The van der Waals surface area contributed by atoms with Gasteiger partial charge < -0.3 is 14.9 Å². The first-order valence-electron chi connectivity index (χ1n) is 14.2. The Balaban J connectivity index is 1.48. The summed E-state index contributed by atoms with van der Waals surface area (Å²) >= 11 is 0. The number of fused-ring (bicyclic) bond motifs is 1. The monoisotopic (exact) mass is 542 g/mol. The summed E-state index contributed by atoms with van der Waals surface area (Å²) in [5.74, 6) is 0.449. The van der Waals surface area contributed by atoms with Crippen LogP contribution in [0.25, 0.3) is 22.6 Å². The number of amides is 1. The maximum atomic E-state index is 13.8. The maximum absolute atomic E-state index is 13.8. The third-order valence-corrected chi connectivity index (χ3v) is 7.75. The highest BCUT2D eigenvalue weighted by molar-refractivity contribution is 6.02. The number of rotatable bonds is 8. The molecule has 1 fully saturated rings. The number of hydrogen-bond acceptors (Lipinski definition) is 6. The van der Waals surface area contributed by atoms with Gasteiger partial charge in [-0.05, 0) is 70.6 Å². The average Bonchev–Trinajstić information content (AvgIpc) is 3.59. The molecule has 0 bridgehead atoms. The van der Waals surface area contributed by atoms with Crippen molar-refractivity contribution in [2.75, 3.05) is 11.5 Å². The van der Waals surface area contributed by atoms with Crippen LogP contribution in [0.15, 0.2) is 55.0 Å². The lowest BCUT2D eigenvalue weighted by molar-refractivity contribution is -0.124. The number of ether oxygens (including phenoxy) is 1. The van der Waals surface area contributed by atoms with Gasteiger partial charge in [0.1, 0.15) is 11.2 Å². The van der Waals surface area contributed by atoms with E-state index in [-0.39, 0.29) is 30.0 Å². The third-order valence-electron chi connectivity index (χ3n) is 7.75. The summed E-state index contributed by atoms with van der Waals surface area (Å²) in [5, 5.41) is 4.78. The number of aromatic nitrogens is 4. The standard InChI is InChI=1S/C31H38N6O3/c1-5-40-31(39)26-18-36(34-29(26)37(20(2)3)30(38)23-10-8-21(4)9-11-23)25-14-12-22(13-15-25)27-19-35-16-6-7-24(17-32)28(35)33-27/h6-7,12-16,18-21,23H,5,8-11,17,32H2,1-4H3/t21-,23-. The zero-order valence-electron chi connectivity index (χ0n) is 23.7. The number of carbonyl (C=O) groups excluding carboxylic acids is 2. The third kappa shape index (κ3) is 5.38. The lowest BCUT2D eigenvalue weighted by atomic mass is 9.82. The lowest BCUT2D eigenvalue weighted by Crippen LogP contribution is -2.43. The van der Waals surface area contributed by atoms with Gasteiger partial charge in [-0.25, -0.2) is 14.5 Å². The maximum Gasteiger partial charge on any atom is 0.343 e. The van der Waals surface area contributed by atoms with Gasteiger partial charge in [-0.3, -0.25) is 9.69 Å². The second-order valence-corrected chi connectivity index (χ2v) is 10.9. The van der Waals surface area contributed by atoms with Crippen LogP contribution < -0.4 is 10.6 Å². The fourth-order valence-corrected chi connectivity index (χ4v) is 5.49. The summed E-state index contributed by atoms with van der Waals surface area (Å²) in [7, 11) is 0. The van der Waals surface area contributed by atoms with Crippen LogP contribution in [0.5, 0.6) is 0 Å². The van der Waals surface area contributed by atoms with Crippen LogP contribution in [0.3, 0.4) is 0 Å². The molecule has 0 radical (unpaired) electrons. The van der Waals surface area contributed by atoms with Crippen LogP contribution in [0, 0.1) is 11.8 Å². The molecule has 210 valence electrons. The number of pyridine rings is 1. The van der Waals surface area contributed by atoms with E-state index in [1.165, 1.54) is 0 Å². The van der Waals surface area contributed by atoms with Gasteiger partial charge in [-0.1, -0.05) is 25.1 Å². The minimum atomic E-state index is -0.489. The van der Waals surface area contributed by atoms with Crippen LogP contribution in [0.4, 0.5) is 5.82 Å². The summed E-state index contributed by atoms with van der Waals surface area (Å²) in [5.41, 5.74) is 10.5. The first kappa shape index (κ1) is 27.6. The molecular weight excluding hydrogens is 504 g/mol. The number of esters is 1. The predicted octanol–water partition coefficient (Wildman–Crippen LogP) is 5.39. The average molecular weight is 543 g/mol. The SMILES string of the molecule is CCOC(=O)c1cn(-c2ccc(-c3cn4cccc(CN)c4n3)cc2)nc1N(C(=O)[C@H]1CC[C@H](C)CC1)C(C)C. The van der Waals surface area contributed by atoms with E-state index in [4.69, 9.17) is 20.6 Å². The van der Waals surface area contributed by atoms with Gasteiger partial charge in [0.05, 0.1) is 18.0 Å². The van der Waals surface area contributed by atoms with Crippen molar-refractivity contribution < 1.29 is 14.3 Å². The second-order valence-electron chi connectivity index (χ2n) is 10.9. The van der Waals surface area contributed by atoms with Crippen molar-refractivity contribution in [1.29, 1.82) is 0 Å². The van der Waals surface area contributed by atoms with E-state index >= 15 is 0 Å². The Morgan fingerprint density at radius 3 is 2.48 bits per heavy atom. The Labute approximate surface area is 234 Å². The van der Waals surface area contributed by atoms with Gasteiger partial charge in [0.15, 0.2) is 5.82 Å². The molecule has 0 spiro atoms. The highest BCUT2D eigenvalue weighted by Gasteiger charge is 2.34. The number of nitrogens with two attached hydrogens (primary N) is 1. The Hall–Kier alpha value is -3.98. The van der Waals surface area contributed by atoms with Crippen LogP contribution in [0.1, 0.15) is 69.3 Å². The fraction of sp³-hybridized carbons (Fsp3) is 0.419. The summed E-state index contributed by atoms with van der Waals surface area (Å²) in [6, 6.07) is 11.6. The van der Waals surface area contributed by atoms with E-state index in [1.807, 2.05) is 67.0 Å². The molecule has 1 amide bonds. The van der Waals surface area contributed by atoms with E-state index in [9.17, 15) is 9.59 Å². The molecule has 1 aromatic carbocycles. The van der Waals surface area contributed by atoms with E-state index in [0.717, 1.165) is 53.8 Å². The van der Waals surface area contributed by atoms with Crippen LogP contribution >= 0.6 is 0 Å². The summed E-state index contributed by atoms with van der Waals surface area (Å²) < 4.78 is 8.98. The zero-order chi connectivity index (χ0) is 28.4. The van der Waals surface area contributed by atoms with E-state index in [1.54, 1.807) is 22.7 Å². The van der Waals surface area contributed by atoms with Crippen LogP contribution in [-0.2, 0) is 16.1 Å². The second kappa shape index (κ2) is 11.6. The minimum Gasteiger partial charge on any atom is -0.462 e. The number of hydrogen-bond donors (Lipinski definition) is 1. The number of anilines is 1. The van der Waals surface area contributed by atoms with Crippen molar-refractivity contribution in [1.82, 2.24) is 19.2 Å². The van der Waals surface area contributed by atoms with Crippen LogP contribution in [-0.4, -0.2) is 43.7 Å². The number of carbonyl (C=O) groups is 2. The fourth-order valence-electron chi connectivity index (χ4n) is 5.49. The summed E-state index contributed by atoms with van der Waals surface area (Å²) in [6.45, 7) is 8.57. The van der Waals surface area contributed by atoms with Gasteiger partial charge in [0.25, 0.3) is 0 Å². The topological polar surface area (TPSA) is 108 Å². The summed E-state index contributed by atoms with van der Waals surface area (Å²) in [4.78, 5) is 33.2. The van der Waals surface area contributed by atoms with Crippen molar-refractivity contribution >= 4 is 23.3 Å². The predicted molar refractivity (Wildman–Crippen MR) is 155 cm³/mol. The molecule has 2 N–H and O–H groups in total. The Bertz CT molecular complexity index is 1500. The smallest absolute Gasteiger partial charge is 0.343 e. The molecule has 9 heteroatoms. The van der Waals surface area contributed by atoms with Gasteiger partial charge in [-0.2, -0.15) is 0 Å². The number of benzene rings is 1. The van der Waals surface area contributed by atoms with Gasteiger partial charge in [0, 0.05) is 48.2 Å². The molecule has 0 aliphatic heterocycles. The molecule has 5 rings (SSSR count). The molecule has 3 aromatic heterocycles. The highest BCUT2D eigenvalue weighted by Crippen LogP contribution is 2.33. The molecule has 4 aromatic rings. The van der Waals surface area contributed by atoms with E-state index in [0.29, 0.717) is 18.3 Å². The van der Waals surface area contributed by atoms with Gasteiger partial charge >= 0.3 is 5.97 Å². The van der Waals surface area contributed by atoms with Crippen molar-refractivity contribution in [3.8, 4) is 16.9 Å². The molecule has 1 aliphatic carbocycles. The van der Waals surface area contributed by atoms with Crippen molar-refractivity contribution in [3.63, 3.8) is 0 Å². The van der Waals surface area contributed by atoms with Crippen molar-refractivity contribution in [2.24, 2.45) is 17.6 Å². The largest absolute Gasteiger partial charge is 0.462 e. The quantitative estimate of drug-likeness (QED) is 0.299. The first-order valence-corrected chi connectivity index (χ1v) is 14.2. The van der Waals surface area contributed by atoms with Gasteiger partial charge in [0.2, 0.25) is 5.91 Å². The molecule has 1 aliphatic rings. The van der Waals surface area contributed by atoms with Crippen molar-refractivity contribution in [3.05, 3.63) is 66.1 Å². The van der Waals surface area contributed by atoms with Crippen molar-refractivity contribution in [2.45, 2.75) is 66.0 Å². The van der Waals surface area contributed by atoms with E-state index in [2.05, 4.69) is 6.92 Å². The van der Waals surface area contributed by atoms with Gasteiger partial charge in [-0.15, -0.1) is 5.10 Å². The van der Waals surface area contributed by atoms with E-state index < -0.39 is 5.97 Å². The number of nitrogens with zero attached hydrogens (tertiary/aromatic N) is 5. The Morgan fingerprint density at radius 1 is 1.10 bits per heavy atom. The molecule has 40 heavy (non-hydrogen) atoms. The first-order chi connectivity index (χ1) is 19.3. The Morgan fingerprint density at radius 2 is 1.82 bits per heavy atom. The molecule has 0 saturated heterocycles. The summed E-state index contributed by atoms with van der Waals surface area (Å²) in [6.07, 6.45) is 9.38. The highest BCUT2D eigenvalue weighted by atomic mass is 16.5. The van der Waals surface area contributed by atoms with Crippen LogP contribution in [0.2, 0.25) is 0 Å². The minimum absolute atomic E-state index is 0.0248. The molecule has 0 atom stereocenters. The zero-order valence-corrected chi connectivity index (χ0v) is 23.7.